The van der Waals surface area contributed by atoms with Crippen molar-refractivity contribution in [1.82, 2.24) is 5.32 Å². The standard InChI is InChI=1S/C12H14N2O2/c1-4-7-14-10-8-9(12(15)13-2)5-6-11(10)16-3/h1,5-6,8,14H,7H2,2-3H3,(H,13,15)/i3D3. The van der Waals surface area contributed by atoms with Crippen LogP contribution in [0.1, 0.15) is 14.5 Å². The molecule has 1 aromatic carbocycles. The van der Waals surface area contributed by atoms with E-state index in [-0.39, 0.29) is 18.2 Å². The van der Waals surface area contributed by atoms with Crippen LogP contribution in [0.4, 0.5) is 5.69 Å². The fourth-order valence-electron chi connectivity index (χ4n) is 1.19. The van der Waals surface area contributed by atoms with Gasteiger partial charge in [0.15, 0.2) is 0 Å². The molecule has 84 valence electrons. The number of carbonyl (C=O) groups is 1. The summed E-state index contributed by atoms with van der Waals surface area (Å²) in [5, 5.41) is 5.29. The van der Waals surface area contributed by atoms with Crippen molar-refractivity contribution in [2.75, 3.05) is 25.9 Å². The second kappa shape index (κ2) is 5.66. The molecule has 0 aliphatic rings. The summed E-state index contributed by atoms with van der Waals surface area (Å²) in [5.74, 6) is 2.19. The molecule has 0 aliphatic carbocycles. The highest BCUT2D eigenvalue weighted by molar-refractivity contribution is 5.95. The molecule has 4 nitrogen and oxygen atoms in total. The molecule has 0 saturated carbocycles. The second-order valence-corrected chi connectivity index (χ2v) is 2.95. The first-order chi connectivity index (χ1) is 8.87. The van der Waals surface area contributed by atoms with E-state index in [2.05, 4.69) is 16.6 Å². The number of hydrogen-bond donors (Lipinski definition) is 2. The maximum atomic E-state index is 11.5. The van der Waals surface area contributed by atoms with E-state index in [9.17, 15) is 4.79 Å². The highest BCUT2D eigenvalue weighted by atomic mass is 16.5. The van der Waals surface area contributed by atoms with Gasteiger partial charge in [0.2, 0.25) is 0 Å². The third-order valence-electron chi connectivity index (χ3n) is 1.96. The minimum absolute atomic E-state index is 0.114. The molecule has 0 spiro atoms. The molecular weight excluding hydrogens is 204 g/mol. The second-order valence-electron chi connectivity index (χ2n) is 2.95. The van der Waals surface area contributed by atoms with Gasteiger partial charge in [0.05, 0.1) is 23.4 Å². The first-order valence-corrected chi connectivity index (χ1v) is 4.60. The van der Waals surface area contributed by atoms with Crippen molar-refractivity contribution in [3.8, 4) is 18.1 Å². The Morgan fingerprint density at radius 2 is 2.50 bits per heavy atom. The predicted molar refractivity (Wildman–Crippen MR) is 63.7 cm³/mol. The Morgan fingerprint density at radius 1 is 1.69 bits per heavy atom. The molecular formula is C12H14N2O2. The molecule has 4 heteroatoms. The predicted octanol–water partition coefficient (Wildman–Crippen LogP) is 1.10. The Labute approximate surface area is 99.2 Å². The van der Waals surface area contributed by atoms with E-state index in [1.54, 1.807) is 0 Å². The molecule has 0 heterocycles. The van der Waals surface area contributed by atoms with Crippen molar-refractivity contribution in [2.24, 2.45) is 0 Å². The summed E-state index contributed by atoms with van der Waals surface area (Å²) in [7, 11) is -1.06. The Kier molecular flexibility index (Phi) is 2.85. The Balaban J connectivity index is 3.09. The minimum atomic E-state index is -2.57. The van der Waals surface area contributed by atoms with Gasteiger partial charge in [-0.1, -0.05) is 5.92 Å². The molecule has 1 aromatic rings. The normalized spacial score (nSPS) is 12.6. The molecule has 16 heavy (non-hydrogen) atoms. The topological polar surface area (TPSA) is 50.4 Å². The van der Waals surface area contributed by atoms with Crippen LogP contribution in [-0.4, -0.2) is 26.5 Å². The highest BCUT2D eigenvalue weighted by Gasteiger charge is 2.08. The van der Waals surface area contributed by atoms with Gasteiger partial charge in [-0.2, -0.15) is 0 Å². The highest BCUT2D eigenvalue weighted by Crippen LogP contribution is 2.25. The van der Waals surface area contributed by atoms with E-state index in [4.69, 9.17) is 15.3 Å². The number of benzene rings is 1. The van der Waals surface area contributed by atoms with Crippen molar-refractivity contribution in [3.63, 3.8) is 0 Å². The van der Waals surface area contributed by atoms with Crippen LogP contribution in [0, 0.1) is 12.3 Å². The maximum absolute atomic E-state index is 11.5. The van der Waals surface area contributed by atoms with Gasteiger partial charge in [0.1, 0.15) is 5.75 Å². The molecule has 0 radical (unpaired) electrons. The number of amides is 1. The van der Waals surface area contributed by atoms with Crippen molar-refractivity contribution < 1.29 is 13.6 Å². The van der Waals surface area contributed by atoms with Crippen molar-refractivity contribution in [1.29, 1.82) is 0 Å². The molecule has 1 amide bonds. The smallest absolute Gasteiger partial charge is 0.251 e. The van der Waals surface area contributed by atoms with Gasteiger partial charge in [-0.05, 0) is 18.2 Å². The first-order valence-electron chi connectivity index (χ1n) is 6.10. The first kappa shape index (κ1) is 8.05. The number of hydrogen-bond acceptors (Lipinski definition) is 3. The number of anilines is 1. The van der Waals surface area contributed by atoms with Gasteiger partial charge in [0, 0.05) is 12.6 Å². The summed E-state index contributed by atoms with van der Waals surface area (Å²) in [6, 6.07) is 4.37. The summed E-state index contributed by atoms with van der Waals surface area (Å²) in [4.78, 5) is 11.5. The number of ether oxygens (including phenoxy) is 1. The number of terminal acetylenes is 1. The van der Waals surface area contributed by atoms with E-state index < -0.39 is 7.04 Å². The molecule has 0 aliphatic heterocycles. The summed E-state index contributed by atoms with van der Waals surface area (Å²) in [6.07, 6.45) is 5.13. The summed E-state index contributed by atoms with van der Waals surface area (Å²) in [6.45, 7) is 0.189. The lowest BCUT2D eigenvalue weighted by atomic mass is 10.1. The van der Waals surface area contributed by atoms with Crippen LogP contribution in [0.2, 0.25) is 0 Å². The minimum Gasteiger partial charge on any atom is -0.495 e. The SMILES string of the molecule is [2H]C([2H])([2H])Oc1ccc(C(=O)NC)cc1NCC#C. The van der Waals surface area contributed by atoms with Crippen LogP contribution in [0.15, 0.2) is 18.2 Å². The van der Waals surface area contributed by atoms with Crippen molar-refractivity contribution in [2.45, 2.75) is 0 Å². The molecule has 2 N–H and O–H groups in total. The summed E-state index contributed by atoms with van der Waals surface area (Å²) >= 11 is 0. The van der Waals surface area contributed by atoms with Crippen LogP contribution in [-0.2, 0) is 0 Å². The number of rotatable bonds is 4. The van der Waals surface area contributed by atoms with Crippen LogP contribution >= 0.6 is 0 Å². The summed E-state index contributed by atoms with van der Waals surface area (Å²) in [5.41, 5.74) is 0.732. The zero-order chi connectivity index (χ0) is 14.5. The van der Waals surface area contributed by atoms with Gasteiger partial charge in [-0.15, -0.1) is 6.42 Å². The van der Waals surface area contributed by atoms with E-state index in [1.165, 1.54) is 25.2 Å². The molecule has 0 saturated heterocycles. The summed E-state index contributed by atoms with van der Waals surface area (Å²) < 4.78 is 26.1. The zero-order valence-corrected chi connectivity index (χ0v) is 8.83. The lowest BCUT2D eigenvalue weighted by Crippen LogP contribution is -2.18. The van der Waals surface area contributed by atoms with E-state index in [0.29, 0.717) is 11.3 Å². The van der Waals surface area contributed by atoms with Crippen LogP contribution in [0.5, 0.6) is 5.75 Å². The maximum Gasteiger partial charge on any atom is 0.251 e. The Bertz CT molecular complexity index is 507. The molecule has 0 atom stereocenters. The van der Waals surface area contributed by atoms with Gasteiger partial charge in [-0.25, -0.2) is 0 Å². The molecule has 0 aromatic heterocycles. The molecule has 0 fully saturated rings. The van der Waals surface area contributed by atoms with Gasteiger partial charge in [-0.3, -0.25) is 4.79 Å². The van der Waals surface area contributed by atoms with Gasteiger partial charge < -0.3 is 15.4 Å². The quantitative estimate of drug-likeness (QED) is 0.749. The monoisotopic (exact) mass is 221 g/mol. The van der Waals surface area contributed by atoms with Crippen molar-refractivity contribution in [3.05, 3.63) is 23.8 Å². The fraction of sp³-hybridized carbons (Fsp3) is 0.250. The van der Waals surface area contributed by atoms with Crippen LogP contribution in [0.25, 0.3) is 0 Å². The van der Waals surface area contributed by atoms with Gasteiger partial charge >= 0.3 is 0 Å². The van der Waals surface area contributed by atoms with Crippen LogP contribution < -0.4 is 15.4 Å². The number of nitrogens with one attached hydrogen (secondary N) is 2. The average molecular weight is 221 g/mol. The number of carbonyl (C=O) groups excluding carboxylic acids is 1. The molecule has 0 unspecified atom stereocenters. The average Bonchev–Trinajstić information content (AvgIpc) is 2.35. The number of methoxy groups -OCH3 is 1. The van der Waals surface area contributed by atoms with Gasteiger partial charge in [0.25, 0.3) is 5.91 Å². The lowest BCUT2D eigenvalue weighted by Gasteiger charge is -2.10. The van der Waals surface area contributed by atoms with Crippen molar-refractivity contribution >= 4 is 11.6 Å². The lowest BCUT2D eigenvalue weighted by molar-refractivity contribution is 0.0963. The Hall–Kier alpha value is -2.15. The zero-order valence-electron chi connectivity index (χ0n) is 11.8. The fourth-order valence-corrected chi connectivity index (χ4v) is 1.19. The third kappa shape index (κ3) is 2.67. The Morgan fingerprint density at radius 3 is 3.12 bits per heavy atom. The van der Waals surface area contributed by atoms with E-state index >= 15 is 0 Å². The van der Waals surface area contributed by atoms with E-state index in [0.717, 1.165) is 0 Å². The van der Waals surface area contributed by atoms with Crippen LogP contribution in [0.3, 0.4) is 0 Å². The molecule has 0 bridgehead atoms. The molecule has 1 rings (SSSR count). The van der Waals surface area contributed by atoms with E-state index in [1.807, 2.05) is 0 Å². The largest absolute Gasteiger partial charge is 0.495 e. The third-order valence-corrected chi connectivity index (χ3v) is 1.96.